The lowest BCUT2D eigenvalue weighted by Crippen LogP contribution is -2.34. The number of halogens is 1. The molecule has 2 aromatic carbocycles. The first kappa shape index (κ1) is 18.7. The zero-order chi connectivity index (χ0) is 18.2. The summed E-state index contributed by atoms with van der Waals surface area (Å²) in [6, 6.07) is 14.8. The summed E-state index contributed by atoms with van der Waals surface area (Å²) in [5.41, 5.74) is 2.72. The number of anilines is 1. The van der Waals surface area contributed by atoms with E-state index in [9.17, 15) is 9.59 Å². The Hall–Kier alpha value is -2.59. The third-order valence-electron chi connectivity index (χ3n) is 3.72. The van der Waals surface area contributed by atoms with Crippen molar-refractivity contribution in [3.8, 4) is 0 Å². The van der Waals surface area contributed by atoms with Crippen molar-refractivity contribution in [3.05, 3.63) is 70.8 Å². The molecule has 2 amide bonds. The van der Waals surface area contributed by atoms with Crippen molar-refractivity contribution >= 4 is 35.2 Å². The van der Waals surface area contributed by atoms with Crippen LogP contribution in [0.25, 0.3) is 6.08 Å². The minimum Gasteiger partial charge on any atom is -0.333 e. The Bertz CT molecular complexity index is 770. The van der Waals surface area contributed by atoms with Gasteiger partial charge in [-0.25, -0.2) is 0 Å². The molecule has 0 spiro atoms. The van der Waals surface area contributed by atoms with Crippen LogP contribution in [0.4, 0.5) is 5.69 Å². The van der Waals surface area contributed by atoms with Crippen LogP contribution in [-0.4, -0.2) is 30.3 Å². The van der Waals surface area contributed by atoms with E-state index in [2.05, 4.69) is 5.32 Å². The molecule has 0 unspecified atom stereocenters. The topological polar surface area (TPSA) is 49.4 Å². The highest BCUT2D eigenvalue weighted by molar-refractivity contribution is 6.30. The summed E-state index contributed by atoms with van der Waals surface area (Å²) in [5.74, 6) is -0.467. The molecule has 1 N–H and O–H groups in total. The van der Waals surface area contributed by atoms with Crippen LogP contribution in [0.15, 0.2) is 54.6 Å². The number of hydrogen-bond acceptors (Lipinski definition) is 2. The number of para-hydroxylation sites is 1. The van der Waals surface area contributed by atoms with Gasteiger partial charge in [0.2, 0.25) is 11.8 Å². The minimum absolute atomic E-state index is 0.0121. The van der Waals surface area contributed by atoms with Crippen molar-refractivity contribution in [1.82, 2.24) is 4.90 Å². The van der Waals surface area contributed by atoms with E-state index in [0.29, 0.717) is 5.02 Å². The van der Waals surface area contributed by atoms with Crippen molar-refractivity contribution in [2.24, 2.45) is 0 Å². The Balaban J connectivity index is 1.91. The van der Waals surface area contributed by atoms with Gasteiger partial charge in [-0.15, -0.1) is 0 Å². The number of hydrogen-bond donors (Lipinski definition) is 1. The number of benzene rings is 2. The van der Waals surface area contributed by atoms with Crippen LogP contribution in [0.2, 0.25) is 5.02 Å². The SMILES string of the molecule is CCc1ccccc1NC(=O)CN(C)C(=O)/C=C/c1ccc(Cl)cc1. The van der Waals surface area contributed by atoms with Crippen molar-refractivity contribution in [2.75, 3.05) is 18.9 Å². The maximum atomic E-state index is 12.2. The summed E-state index contributed by atoms with van der Waals surface area (Å²) in [4.78, 5) is 25.7. The fourth-order valence-electron chi connectivity index (χ4n) is 2.30. The summed E-state index contributed by atoms with van der Waals surface area (Å²) in [6.07, 6.45) is 3.96. The van der Waals surface area contributed by atoms with Gasteiger partial charge < -0.3 is 10.2 Å². The molecule has 0 aliphatic carbocycles. The minimum atomic E-state index is -0.242. The third kappa shape index (κ3) is 5.76. The summed E-state index contributed by atoms with van der Waals surface area (Å²) >= 11 is 5.83. The average Bonchev–Trinajstić information content (AvgIpc) is 2.61. The number of likely N-dealkylation sites (N-methyl/N-ethyl adjacent to an activating group) is 1. The molecule has 2 aromatic rings. The number of nitrogens with zero attached hydrogens (tertiary/aromatic N) is 1. The Kier molecular flexibility index (Phi) is 6.78. The molecule has 0 atom stereocenters. The fraction of sp³-hybridized carbons (Fsp3) is 0.200. The van der Waals surface area contributed by atoms with Crippen molar-refractivity contribution in [2.45, 2.75) is 13.3 Å². The first-order valence-corrected chi connectivity index (χ1v) is 8.44. The van der Waals surface area contributed by atoms with Gasteiger partial charge in [-0.05, 0) is 41.8 Å². The molecule has 0 saturated heterocycles. The highest BCUT2D eigenvalue weighted by atomic mass is 35.5. The zero-order valence-corrected chi connectivity index (χ0v) is 15.1. The summed E-state index contributed by atoms with van der Waals surface area (Å²) in [7, 11) is 1.60. The standard InChI is InChI=1S/C20H21ClN2O2/c1-3-16-6-4-5-7-18(16)22-19(24)14-23(2)20(25)13-10-15-8-11-17(21)12-9-15/h4-13H,3,14H2,1-2H3,(H,22,24)/b13-10+. The van der Waals surface area contributed by atoms with Crippen LogP contribution in [-0.2, 0) is 16.0 Å². The predicted molar refractivity (Wildman–Crippen MR) is 103 cm³/mol. The maximum absolute atomic E-state index is 12.2. The van der Waals surface area contributed by atoms with Crippen LogP contribution in [0.3, 0.4) is 0 Å². The first-order chi connectivity index (χ1) is 12.0. The third-order valence-corrected chi connectivity index (χ3v) is 3.97. The summed E-state index contributed by atoms with van der Waals surface area (Å²) in [5, 5.41) is 3.50. The lowest BCUT2D eigenvalue weighted by molar-refractivity contribution is -0.129. The summed E-state index contributed by atoms with van der Waals surface area (Å²) < 4.78 is 0. The van der Waals surface area contributed by atoms with Crippen LogP contribution < -0.4 is 5.32 Å². The molecule has 0 radical (unpaired) electrons. The van der Waals surface area contributed by atoms with Gasteiger partial charge in [0.05, 0.1) is 6.54 Å². The van der Waals surface area contributed by atoms with Gasteiger partial charge in [0.15, 0.2) is 0 Å². The highest BCUT2D eigenvalue weighted by Crippen LogP contribution is 2.15. The number of nitrogens with one attached hydrogen (secondary N) is 1. The molecule has 130 valence electrons. The van der Waals surface area contributed by atoms with Crippen molar-refractivity contribution < 1.29 is 9.59 Å². The first-order valence-electron chi connectivity index (χ1n) is 8.06. The second kappa shape index (κ2) is 9.04. The monoisotopic (exact) mass is 356 g/mol. The highest BCUT2D eigenvalue weighted by Gasteiger charge is 2.11. The van der Waals surface area contributed by atoms with Crippen molar-refractivity contribution in [1.29, 1.82) is 0 Å². The summed E-state index contributed by atoms with van der Waals surface area (Å²) in [6.45, 7) is 2.02. The molecule has 5 heteroatoms. The quantitative estimate of drug-likeness (QED) is 0.795. The number of carbonyl (C=O) groups is 2. The molecule has 2 rings (SSSR count). The zero-order valence-electron chi connectivity index (χ0n) is 14.3. The molecule has 0 bridgehead atoms. The molecule has 0 saturated carbocycles. The Morgan fingerprint density at radius 2 is 1.80 bits per heavy atom. The normalized spacial score (nSPS) is 10.7. The van der Waals surface area contributed by atoms with Crippen molar-refractivity contribution in [3.63, 3.8) is 0 Å². The Morgan fingerprint density at radius 1 is 1.12 bits per heavy atom. The van der Waals surface area contributed by atoms with Crippen LogP contribution in [0, 0.1) is 0 Å². The van der Waals surface area contributed by atoms with Crippen LogP contribution >= 0.6 is 11.6 Å². The Morgan fingerprint density at radius 3 is 2.48 bits per heavy atom. The van der Waals surface area contributed by atoms with Gasteiger partial charge in [-0.3, -0.25) is 9.59 Å². The predicted octanol–water partition coefficient (Wildman–Crippen LogP) is 4.01. The van der Waals surface area contributed by atoms with E-state index in [-0.39, 0.29) is 18.4 Å². The second-order valence-electron chi connectivity index (χ2n) is 5.64. The van der Waals surface area contributed by atoms with E-state index in [1.807, 2.05) is 43.3 Å². The molecule has 0 aliphatic heterocycles. The van der Waals surface area contributed by atoms with E-state index in [1.54, 1.807) is 25.3 Å². The molecule has 0 aromatic heterocycles. The molecule has 0 fully saturated rings. The number of carbonyl (C=O) groups excluding carboxylic acids is 2. The number of rotatable bonds is 6. The maximum Gasteiger partial charge on any atom is 0.246 e. The molecule has 4 nitrogen and oxygen atoms in total. The second-order valence-corrected chi connectivity index (χ2v) is 6.07. The average molecular weight is 357 g/mol. The van der Waals surface area contributed by atoms with E-state index >= 15 is 0 Å². The van der Waals surface area contributed by atoms with Gasteiger partial charge in [-0.2, -0.15) is 0 Å². The number of amides is 2. The molecular formula is C20H21ClN2O2. The molecule has 0 heterocycles. The van der Waals surface area contributed by atoms with Gasteiger partial charge >= 0.3 is 0 Å². The lowest BCUT2D eigenvalue weighted by atomic mass is 10.1. The van der Waals surface area contributed by atoms with E-state index < -0.39 is 0 Å². The smallest absolute Gasteiger partial charge is 0.246 e. The fourth-order valence-corrected chi connectivity index (χ4v) is 2.43. The van der Waals surface area contributed by atoms with Gasteiger partial charge in [0.1, 0.15) is 0 Å². The van der Waals surface area contributed by atoms with E-state index in [1.165, 1.54) is 11.0 Å². The van der Waals surface area contributed by atoms with E-state index in [0.717, 1.165) is 23.2 Å². The lowest BCUT2D eigenvalue weighted by Gasteiger charge is -2.16. The van der Waals surface area contributed by atoms with Gasteiger partial charge in [-0.1, -0.05) is 48.9 Å². The van der Waals surface area contributed by atoms with Gasteiger partial charge in [0.25, 0.3) is 0 Å². The molecular weight excluding hydrogens is 336 g/mol. The van der Waals surface area contributed by atoms with E-state index in [4.69, 9.17) is 11.6 Å². The van der Waals surface area contributed by atoms with Gasteiger partial charge in [0, 0.05) is 23.8 Å². The van der Waals surface area contributed by atoms with Crippen LogP contribution in [0.5, 0.6) is 0 Å². The molecule has 0 aliphatic rings. The van der Waals surface area contributed by atoms with Crippen LogP contribution in [0.1, 0.15) is 18.1 Å². The molecule has 25 heavy (non-hydrogen) atoms. The Labute approximate surface area is 153 Å². The number of aryl methyl sites for hydroxylation is 1. The largest absolute Gasteiger partial charge is 0.333 e.